The molecule has 0 spiro atoms. The van der Waals surface area contributed by atoms with Gasteiger partial charge in [-0.25, -0.2) is 9.38 Å². The van der Waals surface area contributed by atoms with E-state index in [9.17, 15) is 4.39 Å². The number of hydrogen-bond acceptors (Lipinski definition) is 2. The number of rotatable bonds is 6. The number of halogens is 1. The average Bonchev–Trinajstić information content (AvgIpc) is 2.67. The molecule has 4 heteroatoms. The summed E-state index contributed by atoms with van der Waals surface area (Å²) in [5.41, 5.74) is 2.88. The zero-order valence-corrected chi connectivity index (χ0v) is 16.0. The number of allylic oxidation sites excluding steroid dienone is 1. The molecular formula is C22H28FN3. The molecule has 0 unspecified atom stereocenters. The normalized spacial score (nSPS) is 11.3. The van der Waals surface area contributed by atoms with Crippen LogP contribution in [0.4, 0.5) is 4.39 Å². The van der Waals surface area contributed by atoms with Crippen molar-refractivity contribution in [3.63, 3.8) is 0 Å². The number of benzene rings is 2. The van der Waals surface area contributed by atoms with Gasteiger partial charge in [0.05, 0.1) is 5.82 Å². The maximum atomic E-state index is 13.2. The Kier molecular flexibility index (Phi) is 9.47. The first-order valence-electron chi connectivity index (χ1n) is 8.75. The van der Waals surface area contributed by atoms with Gasteiger partial charge in [-0.15, -0.1) is 0 Å². The first-order valence-corrected chi connectivity index (χ1v) is 8.75. The maximum Gasteiger partial charge on any atom is 0.123 e. The lowest BCUT2D eigenvalue weighted by Gasteiger charge is -2.11. The summed E-state index contributed by atoms with van der Waals surface area (Å²) < 4.78 is 13.2. The second-order valence-electron chi connectivity index (χ2n) is 5.48. The second-order valence-corrected chi connectivity index (χ2v) is 5.48. The molecule has 0 aliphatic rings. The smallest absolute Gasteiger partial charge is 0.123 e. The lowest BCUT2D eigenvalue weighted by Crippen LogP contribution is -2.28. The average molecular weight is 353 g/mol. The van der Waals surface area contributed by atoms with Gasteiger partial charge in [-0.3, -0.25) is 0 Å². The van der Waals surface area contributed by atoms with Crippen LogP contribution in [0.3, 0.4) is 0 Å². The van der Waals surface area contributed by atoms with Gasteiger partial charge < -0.3 is 10.6 Å². The molecule has 0 atom stereocenters. The van der Waals surface area contributed by atoms with E-state index in [0.717, 1.165) is 11.1 Å². The molecule has 2 rings (SSSR count). The van der Waals surface area contributed by atoms with Crippen molar-refractivity contribution in [2.24, 2.45) is 4.99 Å². The SMILES string of the molecule is C=C(NCc1ccccc1)NC(C)=N/C=C(\C)c1cccc(F)c1.CC. The Balaban J connectivity index is 0.00000163. The van der Waals surface area contributed by atoms with Gasteiger partial charge >= 0.3 is 0 Å². The summed E-state index contributed by atoms with van der Waals surface area (Å²) in [6, 6.07) is 16.5. The first kappa shape index (κ1) is 21.2. The van der Waals surface area contributed by atoms with Crippen LogP contribution in [0.25, 0.3) is 5.57 Å². The highest BCUT2D eigenvalue weighted by Gasteiger charge is 1.98. The van der Waals surface area contributed by atoms with Crippen LogP contribution in [0.15, 0.2) is 78.2 Å². The van der Waals surface area contributed by atoms with E-state index in [1.54, 1.807) is 12.3 Å². The quantitative estimate of drug-likeness (QED) is 0.533. The lowest BCUT2D eigenvalue weighted by molar-refractivity contribution is 0.627. The number of aliphatic imine (C=N–C) groups is 1. The molecular weight excluding hydrogens is 325 g/mol. The number of nitrogens with one attached hydrogen (secondary N) is 2. The van der Waals surface area contributed by atoms with Gasteiger partial charge in [0.2, 0.25) is 0 Å². The van der Waals surface area contributed by atoms with E-state index < -0.39 is 0 Å². The monoisotopic (exact) mass is 353 g/mol. The van der Waals surface area contributed by atoms with Gasteiger partial charge in [0.25, 0.3) is 0 Å². The Morgan fingerprint density at radius 2 is 1.77 bits per heavy atom. The van der Waals surface area contributed by atoms with Gasteiger partial charge in [0, 0.05) is 12.7 Å². The predicted octanol–water partition coefficient (Wildman–Crippen LogP) is 5.48. The van der Waals surface area contributed by atoms with Crippen molar-refractivity contribution in [1.29, 1.82) is 0 Å². The summed E-state index contributed by atoms with van der Waals surface area (Å²) >= 11 is 0. The molecule has 0 radical (unpaired) electrons. The molecule has 0 aliphatic heterocycles. The standard InChI is InChI=1S/C20H22FN3.C2H6/c1-15(19-10-7-11-20(21)12-19)13-22-16(2)24-17(3)23-14-18-8-5-4-6-9-18;1-2/h4-13,23H,3,14H2,1-2H3,(H,22,24);1-2H3/b15-13+;. The molecule has 0 aliphatic carbocycles. The van der Waals surface area contributed by atoms with Gasteiger partial charge in [-0.05, 0) is 42.7 Å². The highest BCUT2D eigenvalue weighted by atomic mass is 19.1. The Morgan fingerprint density at radius 3 is 2.42 bits per heavy atom. The molecule has 0 amide bonds. The van der Waals surface area contributed by atoms with E-state index in [2.05, 4.69) is 22.2 Å². The largest absolute Gasteiger partial charge is 0.368 e. The molecule has 26 heavy (non-hydrogen) atoms. The van der Waals surface area contributed by atoms with Gasteiger partial charge in [-0.1, -0.05) is 62.9 Å². The molecule has 2 N–H and O–H groups in total. The van der Waals surface area contributed by atoms with Crippen LogP contribution in [0.1, 0.15) is 38.8 Å². The predicted molar refractivity (Wildman–Crippen MR) is 110 cm³/mol. The summed E-state index contributed by atoms with van der Waals surface area (Å²) in [5, 5.41) is 6.29. The van der Waals surface area contributed by atoms with Crippen molar-refractivity contribution >= 4 is 11.4 Å². The third-order valence-corrected chi connectivity index (χ3v) is 3.41. The van der Waals surface area contributed by atoms with E-state index >= 15 is 0 Å². The molecule has 0 fully saturated rings. The Morgan fingerprint density at radius 1 is 1.08 bits per heavy atom. The minimum Gasteiger partial charge on any atom is -0.368 e. The molecule has 138 valence electrons. The fourth-order valence-corrected chi connectivity index (χ4v) is 2.10. The molecule has 0 saturated carbocycles. The van der Waals surface area contributed by atoms with Crippen LogP contribution in [-0.2, 0) is 6.54 Å². The third kappa shape index (κ3) is 7.79. The van der Waals surface area contributed by atoms with E-state index in [1.807, 2.05) is 64.1 Å². The Labute approximate surface area is 156 Å². The van der Waals surface area contributed by atoms with Crippen molar-refractivity contribution in [3.05, 3.63) is 90.1 Å². The van der Waals surface area contributed by atoms with Crippen molar-refractivity contribution in [1.82, 2.24) is 10.6 Å². The third-order valence-electron chi connectivity index (χ3n) is 3.41. The summed E-state index contributed by atoms with van der Waals surface area (Å²) in [4.78, 5) is 4.35. The Bertz CT molecular complexity index is 749. The molecule has 0 bridgehead atoms. The van der Waals surface area contributed by atoms with Crippen molar-refractivity contribution < 1.29 is 4.39 Å². The van der Waals surface area contributed by atoms with E-state index in [1.165, 1.54) is 17.7 Å². The molecule has 0 heterocycles. The number of hydrogen-bond donors (Lipinski definition) is 2. The minimum atomic E-state index is -0.252. The van der Waals surface area contributed by atoms with Crippen LogP contribution < -0.4 is 10.6 Å². The highest BCUT2D eigenvalue weighted by Crippen LogP contribution is 2.14. The second kappa shape index (κ2) is 11.6. The highest BCUT2D eigenvalue weighted by molar-refractivity contribution is 5.82. The summed E-state index contributed by atoms with van der Waals surface area (Å²) in [7, 11) is 0. The minimum absolute atomic E-state index is 0.252. The lowest BCUT2D eigenvalue weighted by atomic mass is 10.1. The van der Waals surface area contributed by atoms with E-state index in [0.29, 0.717) is 18.2 Å². The maximum absolute atomic E-state index is 13.2. The van der Waals surface area contributed by atoms with Crippen LogP contribution in [-0.4, -0.2) is 5.84 Å². The molecule has 3 nitrogen and oxygen atoms in total. The van der Waals surface area contributed by atoms with Crippen LogP contribution >= 0.6 is 0 Å². The summed E-state index contributed by atoms with van der Waals surface area (Å²) in [6.07, 6.45) is 1.71. The van der Waals surface area contributed by atoms with Crippen molar-refractivity contribution in [2.75, 3.05) is 0 Å². The zero-order chi connectivity index (χ0) is 19.4. The molecule has 2 aromatic carbocycles. The summed E-state index contributed by atoms with van der Waals surface area (Å²) in [5.74, 6) is 1.13. The number of amidine groups is 1. The van der Waals surface area contributed by atoms with Crippen LogP contribution in [0, 0.1) is 5.82 Å². The Hall–Kier alpha value is -2.88. The fourth-order valence-electron chi connectivity index (χ4n) is 2.10. The zero-order valence-electron chi connectivity index (χ0n) is 16.0. The van der Waals surface area contributed by atoms with Crippen molar-refractivity contribution in [2.45, 2.75) is 34.2 Å². The first-order chi connectivity index (χ1) is 12.5. The van der Waals surface area contributed by atoms with Crippen molar-refractivity contribution in [3.8, 4) is 0 Å². The fraction of sp³-hybridized carbons (Fsp3) is 0.227. The van der Waals surface area contributed by atoms with Gasteiger partial charge in [0.1, 0.15) is 11.7 Å². The van der Waals surface area contributed by atoms with Gasteiger partial charge in [-0.2, -0.15) is 0 Å². The van der Waals surface area contributed by atoms with Gasteiger partial charge in [0.15, 0.2) is 0 Å². The molecule has 0 aromatic heterocycles. The van der Waals surface area contributed by atoms with E-state index in [-0.39, 0.29) is 5.82 Å². The topological polar surface area (TPSA) is 36.4 Å². The van der Waals surface area contributed by atoms with E-state index in [4.69, 9.17) is 0 Å². The number of nitrogens with zero attached hydrogens (tertiary/aromatic N) is 1. The summed E-state index contributed by atoms with van der Waals surface area (Å²) in [6.45, 7) is 12.4. The van der Waals surface area contributed by atoms with Crippen LogP contribution in [0.5, 0.6) is 0 Å². The molecule has 0 saturated heterocycles. The van der Waals surface area contributed by atoms with Crippen LogP contribution in [0.2, 0.25) is 0 Å². The molecule has 2 aromatic rings.